The van der Waals surface area contributed by atoms with Gasteiger partial charge in [0.15, 0.2) is 0 Å². The molecule has 1 aromatic rings. The van der Waals surface area contributed by atoms with Crippen molar-refractivity contribution in [1.29, 1.82) is 0 Å². The van der Waals surface area contributed by atoms with Gasteiger partial charge in [-0.2, -0.15) is 0 Å². The fourth-order valence-electron chi connectivity index (χ4n) is 3.39. The van der Waals surface area contributed by atoms with Crippen molar-refractivity contribution in [2.45, 2.75) is 33.1 Å². The van der Waals surface area contributed by atoms with E-state index in [-0.39, 0.29) is 11.8 Å². The number of benzene rings is 1. The van der Waals surface area contributed by atoms with Gasteiger partial charge in [-0.25, -0.2) is 0 Å². The summed E-state index contributed by atoms with van der Waals surface area (Å²) >= 11 is 5.97. The summed E-state index contributed by atoms with van der Waals surface area (Å²) in [6, 6.07) is 7.18. The summed E-state index contributed by atoms with van der Waals surface area (Å²) < 4.78 is 0. The highest BCUT2D eigenvalue weighted by Crippen LogP contribution is 2.34. The van der Waals surface area contributed by atoms with Gasteiger partial charge in [0.05, 0.1) is 5.57 Å². The summed E-state index contributed by atoms with van der Waals surface area (Å²) in [6.07, 6.45) is 2.86. The minimum absolute atomic E-state index is 0.152. The third-order valence-corrected chi connectivity index (χ3v) is 5.08. The number of likely N-dealkylation sites (tertiary alicyclic amines) is 1. The maximum absolute atomic E-state index is 12.9. The van der Waals surface area contributed by atoms with Crippen molar-refractivity contribution in [2.24, 2.45) is 5.92 Å². The predicted octanol–water partition coefficient (Wildman–Crippen LogP) is 3.56. The maximum atomic E-state index is 12.9. The number of carbonyl (C=O) groups is 2. The van der Waals surface area contributed by atoms with Gasteiger partial charge in [0.1, 0.15) is 5.70 Å². The Kier molecular flexibility index (Phi) is 4.95. The topological polar surface area (TPSA) is 40.6 Å². The number of amides is 2. The minimum atomic E-state index is -0.183. The molecule has 1 fully saturated rings. The van der Waals surface area contributed by atoms with Gasteiger partial charge in [0.25, 0.3) is 11.8 Å². The van der Waals surface area contributed by atoms with Crippen molar-refractivity contribution >= 4 is 29.0 Å². The minimum Gasteiger partial charge on any atom is -0.366 e. The second-order valence-corrected chi connectivity index (χ2v) is 7.10. The first-order chi connectivity index (χ1) is 11.5. The van der Waals surface area contributed by atoms with Crippen LogP contribution in [-0.2, 0) is 9.59 Å². The molecule has 2 aliphatic heterocycles. The molecule has 0 N–H and O–H groups in total. The Bertz CT molecular complexity index is 673. The van der Waals surface area contributed by atoms with E-state index < -0.39 is 0 Å². The van der Waals surface area contributed by atoms with E-state index in [4.69, 9.17) is 11.6 Å². The van der Waals surface area contributed by atoms with Crippen LogP contribution in [0.2, 0.25) is 5.02 Å². The van der Waals surface area contributed by atoms with Crippen molar-refractivity contribution < 1.29 is 9.59 Å². The standard InChI is InChI=1S/C19H23ClN2O2/c1-3-10-22-18(23)16(14-4-6-15(20)7-5-14)17(19(22)24)21-11-8-13(2)9-12-21/h4-7,13H,3,8-12H2,1-2H3. The number of imide groups is 1. The number of carbonyl (C=O) groups excluding carboxylic acids is 2. The summed E-state index contributed by atoms with van der Waals surface area (Å²) in [7, 11) is 0. The van der Waals surface area contributed by atoms with Crippen molar-refractivity contribution in [2.75, 3.05) is 19.6 Å². The Labute approximate surface area is 148 Å². The van der Waals surface area contributed by atoms with Gasteiger partial charge >= 0.3 is 0 Å². The number of piperidine rings is 1. The van der Waals surface area contributed by atoms with E-state index in [1.165, 1.54) is 4.90 Å². The van der Waals surface area contributed by atoms with Crippen LogP contribution in [0, 0.1) is 5.92 Å². The van der Waals surface area contributed by atoms with E-state index in [1.54, 1.807) is 12.1 Å². The molecule has 1 saturated heterocycles. The van der Waals surface area contributed by atoms with Gasteiger partial charge in [-0.1, -0.05) is 37.6 Å². The van der Waals surface area contributed by atoms with Crippen LogP contribution in [0.3, 0.4) is 0 Å². The van der Waals surface area contributed by atoms with E-state index in [9.17, 15) is 9.59 Å². The van der Waals surface area contributed by atoms with Gasteiger partial charge < -0.3 is 4.90 Å². The summed E-state index contributed by atoms with van der Waals surface area (Å²) in [6.45, 7) is 6.32. The molecule has 0 unspecified atom stereocenters. The van der Waals surface area contributed by atoms with Crippen LogP contribution < -0.4 is 0 Å². The lowest BCUT2D eigenvalue weighted by molar-refractivity contribution is -0.137. The molecule has 3 rings (SSSR count). The van der Waals surface area contributed by atoms with Crippen molar-refractivity contribution in [3.63, 3.8) is 0 Å². The van der Waals surface area contributed by atoms with E-state index >= 15 is 0 Å². The zero-order chi connectivity index (χ0) is 17.3. The fraction of sp³-hybridized carbons (Fsp3) is 0.474. The van der Waals surface area contributed by atoms with E-state index in [2.05, 4.69) is 11.8 Å². The summed E-state index contributed by atoms with van der Waals surface area (Å²) in [4.78, 5) is 29.3. The summed E-state index contributed by atoms with van der Waals surface area (Å²) in [5, 5.41) is 0.620. The van der Waals surface area contributed by atoms with Crippen molar-refractivity contribution in [3.8, 4) is 0 Å². The Morgan fingerprint density at radius 2 is 1.71 bits per heavy atom. The molecule has 0 bridgehead atoms. The molecule has 128 valence electrons. The normalized spacial score (nSPS) is 19.6. The van der Waals surface area contributed by atoms with Crippen molar-refractivity contribution in [1.82, 2.24) is 9.80 Å². The number of hydrogen-bond acceptors (Lipinski definition) is 3. The molecule has 4 nitrogen and oxygen atoms in total. The highest BCUT2D eigenvalue weighted by atomic mass is 35.5. The van der Waals surface area contributed by atoms with Gasteiger partial charge in [-0.3, -0.25) is 14.5 Å². The van der Waals surface area contributed by atoms with Gasteiger partial charge in [-0.05, 0) is 42.9 Å². The highest BCUT2D eigenvalue weighted by molar-refractivity contribution is 6.36. The smallest absolute Gasteiger partial charge is 0.277 e. The lowest BCUT2D eigenvalue weighted by Gasteiger charge is -2.32. The number of rotatable bonds is 4. The first kappa shape index (κ1) is 17.0. The van der Waals surface area contributed by atoms with E-state index in [1.807, 2.05) is 19.1 Å². The second-order valence-electron chi connectivity index (χ2n) is 6.66. The first-order valence-electron chi connectivity index (χ1n) is 8.64. The van der Waals surface area contributed by atoms with Crippen LogP contribution in [-0.4, -0.2) is 41.2 Å². The summed E-state index contributed by atoms with van der Waals surface area (Å²) in [5.74, 6) is 0.332. The average molecular weight is 347 g/mol. The molecule has 1 aromatic carbocycles. The van der Waals surface area contributed by atoms with E-state index in [0.717, 1.165) is 37.9 Å². The molecular weight excluding hydrogens is 324 g/mol. The molecule has 2 heterocycles. The third kappa shape index (κ3) is 3.07. The Morgan fingerprint density at radius 3 is 2.29 bits per heavy atom. The lowest BCUT2D eigenvalue weighted by Crippen LogP contribution is -2.38. The molecular formula is C19H23ClN2O2. The molecule has 2 amide bonds. The lowest BCUT2D eigenvalue weighted by atomic mass is 9.97. The molecule has 0 saturated carbocycles. The first-order valence-corrected chi connectivity index (χ1v) is 9.02. The highest BCUT2D eigenvalue weighted by Gasteiger charge is 2.41. The number of nitrogens with zero attached hydrogens (tertiary/aromatic N) is 2. The van der Waals surface area contributed by atoms with Crippen LogP contribution in [0.25, 0.3) is 5.57 Å². The Hall–Kier alpha value is -1.81. The zero-order valence-electron chi connectivity index (χ0n) is 14.2. The molecule has 0 aliphatic carbocycles. The van der Waals surface area contributed by atoms with Crippen LogP contribution in [0.4, 0.5) is 0 Å². The Morgan fingerprint density at radius 1 is 1.08 bits per heavy atom. The molecule has 5 heteroatoms. The molecule has 2 aliphatic rings. The summed E-state index contributed by atoms with van der Waals surface area (Å²) in [5.41, 5.74) is 1.87. The maximum Gasteiger partial charge on any atom is 0.277 e. The van der Waals surface area contributed by atoms with Gasteiger partial charge in [-0.15, -0.1) is 0 Å². The van der Waals surface area contributed by atoms with Crippen LogP contribution in [0.5, 0.6) is 0 Å². The second kappa shape index (κ2) is 6.98. The van der Waals surface area contributed by atoms with Crippen LogP contribution in [0.15, 0.2) is 30.0 Å². The third-order valence-electron chi connectivity index (χ3n) is 4.82. The number of halogens is 1. The molecule has 0 aromatic heterocycles. The predicted molar refractivity (Wildman–Crippen MR) is 95.4 cm³/mol. The SMILES string of the molecule is CCCN1C(=O)C(c2ccc(Cl)cc2)=C(N2CCC(C)CC2)C1=O. The van der Waals surface area contributed by atoms with Crippen LogP contribution in [0.1, 0.15) is 38.7 Å². The molecule has 0 atom stereocenters. The average Bonchev–Trinajstić information content (AvgIpc) is 2.82. The molecule has 0 spiro atoms. The Balaban J connectivity index is 2.03. The van der Waals surface area contributed by atoms with E-state index in [0.29, 0.717) is 28.8 Å². The van der Waals surface area contributed by atoms with Gasteiger partial charge in [0.2, 0.25) is 0 Å². The zero-order valence-corrected chi connectivity index (χ0v) is 15.0. The molecule has 24 heavy (non-hydrogen) atoms. The van der Waals surface area contributed by atoms with Crippen molar-refractivity contribution in [3.05, 3.63) is 40.5 Å². The largest absolute Gasteiger partial charge is 0.366 e. The number of hydrogen-bond donors (Lipinski definition) is 0. The van der Waals surface area contributed by atoms with Crippen LogP contribution >= 0.6 is 11.6 Å². The quantitative estimate of drug-likeness (QED) is 0.783. The van der Waals surface area contributed by atoms with Gasteiger partial charge in [0, 0.05) is 24.7 Å². The monoisotopic (exact) mass is 346 g/mol. The fourth-order valence-corrected chi connectivity index (χ4v) is 3.52. The molecule has 0 radical (unpaired) electrons.